The molecule has 0 aliphatic carbocycles. The minimum Gasteiger partial charge on any atom is -0.460 e. The summed E-state index contributed by atoms with van der Waals surface area (Å²) in [6.07, 6.45) is 0. The number of furan rings is 1. The molecule has 130 valence electrons. The Kier molecular flexibility index (Phi) is 4.13. The number of hydrogen-bond acceptors (Lipinski definition) is 5. The Morgan fingerprint density at radius 3 is 2.58 bits per heavy atom. The summed E-state index contributed by atoms with van der Waals surface area (Å²) in [5, 5.41) is 0.341. The van der Waals surface area contributed by atoms with Crippen LogP contribution in [-0.4, -0.2) is 19.9 Å². The summed E-state index contributed by atoms with van der Waals surface area (Å²) in [6.45, 7) is 3.69. The highest BCUT2D eigenvalue weighted by atomic mass is 79.9. The number of aromatic amines is 1. The number of rotatable bonds is 2. The second-order valence-corrected chi connectivity index (χ2v) is 7.07. The minimum absolute atomic E-state index is 0.237. The van der Waals surface area contributed by atoms with Crippen molar-refractivity contribution < 1.29 is 4.42 Å². The van der Waals surface area contributed by atoms with E-state index >= 15 is 0 Å². The Morgan fingerprint density at radius 1 is 1.08 bits per heavy atom. The van der Waals surface area contributed by atoms with Crippen LogP contribution in [0.3, 0.4) is 0 Å². The maximum Gasteiger partial charge on any atom is 0.210 e. The Hall–Kier alpha value is -2.51. The highest BCUT2D eigenvalue weighted by Crippen LogP contribution is 2.32. The molecule has 6 nitrogen and oxygen atoms in total. The van der Waals surface area contributed by atoms with Crippen molar-refractivity contribution >= 4 is 38.7 Å². The topological polar surface area (TPSA) is 84.7 Å². The van der Waals surface area contributed by atoms with Gasteiger partial charge < -0.3 is 9.40 Å². The Balaban J connectivity index is 2.10. The molecule has 0 unspecified atom stereocenters. The molecule has 1 N–H and O–H groups in total. The van der Waals surface area contributed by atoms with Crippen molar-refractivity contribution in [3.05, 3.63) is 61.8 Å². The Labute approximate surface area is 161 Å². The van der Waals surface area contributed by atoms with Crippen molar-refractivity contribution in [2.75, 3.05) is 0 Å². The first kappa shape index (κ1) is 16.9. The lowest BCUT2D eigenvalue weighted by Crippen LogP contribution is -2.07. The van der Waals surface area contributed by atoms with Gasteiger partial charge in [0.1, 0.15) is 22.3 Å². The number of nitrogens with zero attached hydrogens (tertiary/aromatic N) is 3. The van der Waals surface area contributed by atoms with E-state index in [4.69, 9.17) is 16.0 Å². The molecule has 0 fully saturated rings. The molecule has 0 bridgehead atoms. The summed E-state index contributed by atoms with van der Waals surface area (Å²) in [4.78, 5) is 28.7. The van der Waals surface area contributed by atoms with Crippen molar-refractivity contribution in [3.63, 3.8) is 0 Å². The summed E-state index contributed by atoms with van der Waals surface area (Å²) in [6, 6.07) is 8.62. The van der Waals surface area contributed by atoms with Gasteiger partial charge >= 0.3 is 0 Å². The first-order chi connectivity index (χ1) is 12.4. The van der Waals surface area contributed by atoms with Gasteiger partial charge in [0, 0.05) is 17.3 Å². The number of hydrogen-bond donors (Lipinski definition) is 1. The van der Waals surface area contributed by atoms with Crippen LogP contribution in [0.25, 0.3) is 33.9 Å². The molecule has 0 saturated carbocycles. The molecule has 4 heterocycles. The third-order valence-corrected chi connectivity index (χ3v) is 4.41. The number of nitrogens with one attached hydrogen (secondary N) is 1. The molecule has 0 atom stereocenters. The molecule has 0 aliphatic rings. The van der Waals surface area contributed by atoms with Crippen molar-refractivity contribution in [2.45, 2.75) is 13.8 Å². The Morgan fingerprint density at radius 2 is 1.88 bits per heavy atom. The van der Waals surface area contributed by atoms with E-state index in [1.807, 2.05) is 32.0 Å². The molecule has 0 radical (unpaired) electrons. The van der Waals surface area contributed by atoms with E-state index in [0.717, 1.165) is 11.5 Å². The summed E-state index contributed by atoms with van der Waals surface area (Å²) in [5.74, 6) is 1.30. The van der Waals surface area contributed by atoms with Crippen molar-refractivity contribution in [2.24, 2.45) is 0 Å². The number of halogens is 2. The summed E-state index contributed by atoms with van der Waals surface area (Å²) in [5.41, 5.74) is 2.84. The highest BCUT2D eigenvalue weighted by molar-refractivity contribution is 9.10. The van der Waals surface area contributed by atoms with Crippen LogP contribution in [-0.2, 0) is 0 Å². The second kappa shape index (κ2) is 6.34. The van der Waals surface area contributed by atoms with Gasteiger partial charge in [-0.1, -0.05) is 11.6 Å². The van der Waals surface area contributed by atoms with Crippen molar-refractivity contribution in [1.29, 1.82) is 0 Å². The average Bonchev–Trinajstić information content (AvgIpc) is 2.99. The zero-order valence-electron chi connectivity index (χ0n) is 13.8. The third-order valence-electron chi connectivity index (χ3n) is 3.79. The first-order valence-electron chi connectivity index (χ1n) is 7.72. The fourth-order valence-corrected chi connectivity index (χ4v) is 3.37. The summed E-state index contributed by atoms with van der Waals surface area (Å²) < 4.78 is 6.28. The van der Waals surface area contributed by atoms with Gasteiger partial charge in [0.05, 0.1) is 4.60 Å². The largest absolute Gasteiger partial charge is 0.460 e. The maximum absolute atomic E-state index is 12.4. The van der Waals surface area contributed by atoms with Gasteiger partial charge in [-0.05, 0) is 54.0 Å². The number of pyridine rings is 2. The van der Waals surface area contributed by atoms with E-state index in [-0.39, 0.29) is 10.9 Å². The first-order valence-corrected chi connectivity index (χ1v) is 8.90. The smallest absolute Gasteiger partial charge is 0.210 e. The number of aryl methyl sites for hydroxylation is 2. The van der Waals surface area contributed by atoms with E-state index in [9.17, 15) is 4.79 Å². The van der Waals surface area contributed by atoms with E-state index in [2.05, 4.69) is 35.9 Å². The van der Waals surface area contributed by atoms with Gasteiger partial charge in [-0.25, -0.2) is 15.0 Å². The average molecular weight is 432 g/mol. The van der Waals surface area contributed by atoms with Crippen LogP contribution >= 0.6 is 27.5 Å². The quantitative estimate of drug-likeness (QED) is 0.466. The van der Waals surface area contributed by atoms with Crippen molar-refractivity contribution in [3.8, 4) is 22.7 Å². The van der Waals surface area contributed by atoms with E-state index < -0.39 is 0 Å². The van der Waals surface area contributed by atoms with Crippen LogP contribution in [0.4, 0.5) is 0 Å². The summed E-state index contributed by atoms with van der Waals surface area (Å²) in [7, 11) is 0. The molecular weight excluding hydrogens is 420 g/mol. The SMILES string of the molecule is Cc1cc(-c2nc3c(=O)cc(Br)[nH]c3nc2-c2ccc(C)o2)cc(Cl)n1. The molecule has 0 amide bonds. The van der Waals surface area contributed by atoms with Gasteiger partial charge in [0.2, 0.25) is 5.43 Å². The van der Waals surface area contributed by atoms with Crippen LogP contribution in [0.2, 0.25) is 5.15 Å². The lowest BCUT2D eigenvalue weighted by molar-refractivity contribution is 0.546. The van der Waals surface area contributed by atoms with Crippen LogP contribution < -0.4 is 5.43 Å². The lowest BCUT2D eigenvalue weighted by Gasteiger charge is -2.09. The Bertz CT molecular complexity index is 1200. The van der Waals surface area contributed by atoms with E-state index in [0.29, 0.717) is 38.1 Å². The molecular formula is C18H12BrClN4O2. The molecule has 4 rings (SSSR count). The van der Waals surface area contributed by atoms with Gasteiger partial charge in [-0.2, -0.15) is 0 Å². The van der Waals surface area contributed by atoms with Gasteiger partial charge in [0.15, 0.2) is 16.9 Å². The zero-order chi connectivity index (χ0) is 18.4. The van der Waals surface area contributed by atoms with Gasteiger partial charge in [0.25, 0.3) is 0 Å². The van der Waals surface area contributed by atoms with Crippen LogP contribution in [0.1, 0.15) is 11.5 Å². The third kappa shape index (κ3) is 3.04. The van der Waals surface area contributed by atoms with E-state index in [1.165, 1.54) is 6.07 Å². The minimum atomic E-state index is -0.238. The van der Waals surface area contributed by atoms with Crippen molar-refractivity contribution in [1.82, 2.24) is 19.9 Å². The number of aromatic nitrogens is 4. The number of fused-ring (bicyclic) bond motifs is 1. The monoisotopic (exact) mass is 430 g/mol. The van der Waals surface area contributed by atoms with Crippen LogP contribution in [0, 0.1) is 13.8 Å². The standard InChI is InChI=1S/C18H12BrClN4O2/c1-8-5-10(6-14(20)21-8)15-17(12-4-3-9(2)26-12)24-18-16(23-15)11(25)7-13(19)22-18/h3-7H,1-2H3,(H,22,24,25). The summed E-state index contributed by atoms with van der Waals surface area (Å²) >= 11 is 9.39. The molecule has 0 aliphatic heterocycles. The molecule has 26 heavy (non-hydrogen) atoms. The van der Waals surface area contributed by atoms with Crippen LogP contribution in [0.15, 0.2) is 44.1 Å². The molecule has 4 aromatic rings. The maximum atomic E-state index is 12.4. The molecule has 8 heteroatoms. The molecule has 0 saturated heterocycles. The highest BCUT2D eigenvalue weighted by Gasteiger charge is 2.18. The predicted octanol–water partition coefficient (Wildman–Crippen LogP) is 4.67. The lowest BCUT2D eigenvalue weighted by atomic mass is 10.1. The predicted molar refractivity (Wildman–Crippen MR) is 103 cm³/mol. The molecule has 0 spiro atoms. The van der Waals surface area contributed by atoms with Crippen LogP contribution in [0.5, 0.6) is 0 Å². The fourth-order valence-electron chi connectivity index (χ4n) is 2.73. The van der Waals surface area contributed by atoms with E-state index in [1.54, 1.807) is 6.07 Å². The number of H-pyrrole nitrogens is 1. The fraction of sp³-hybridized carbons (Fsp3) is 0.111. The molecule has 0 aromatic carbocycles. The zero-order valence-corrected chi connectivity index (χ0v) is 16.1. The normalized spacial score (nSPS) is 11.2. The molecule has 4 aromatic heterocycles. The second-order valence-electron chi connectivity index (χ2n) is 5.83. The van der Waals surface area contributed by atoms with Gasteiger partial charge in [-0.3, -0.25) is 4.79 Å². The van der Waals surface area contributed by atoms with Gasteiger partial charge in [-0.15, -0.1) is 0 Å².